The average Bonchev–Trinajstić information content (AvgIpc) is 2.83. The minimum atomic E-state index is -3.85. The van der Waals surface area contributed by atoms with Crippen LogP contribution in [0, 0.1) is 5.92 Å². The first kappa shape index (κ1) is 23.8. The highest BCUT2D eigenvalue weighted by molar-refractivity contribution is 7.89. The second kappa shape index (κ2) is 9.50. The highest BCUT2D eigenvalue weighted by Crippen LogP contribution is 2.36. The van der Waals surface area contributed by atoms with Crippen LogP contribution in [0.2, 0.25) is 10.0 Å². The van der Waals surface area contributed by atoms with Crippen molar-refractivity contribution in [2.75, 3.05) is 31.6 Å². The molecule has 2 aromatic carbocycles. The number of carbonyl (C=O) groups is 2. The molecule has 0 aromatic heterocycles. The lowest BCUT2D eigenvalue weighted by molar-refractivity contribution is -0.148. The van der Waals surface area contributed by atoms with Crippen LogP contribution < -0.4 is 9.64 Å². The van der Waals surface area contributed by atoms with Gasteiger partial charge in [0.2, 0.25) is 22.0 Å². The van der Waals surface area contributed by atoms with Gasteiger partial charge in [0.1, 0.15) is 10.6 Å². The molecule has 0 radical (unpaired) electrons. The fraction of sp³-hybridized carbons (Fsp3) is 0.364. The minimum absolute atomic E-state index is 0.0269. The van der Waals surface area contributed by atoms with Gasteiger partial charge in [-0.1, -0.05) is 35.3 Å². The molecule has 4 rings (SSSR count). The van der Waals surface area contributed by atoms with Crippen LogP contribution in [0.15, 0.2) is 47.4 Å². The van der Waals surface area contributed by atoms with Crippen molar-refractivity contribution in [1.29, 1.82) is 0 Å². The van der Waals surface area contributed by atoms with E-state index in [4.69, 9.17) is 32.7 Å². The molecule has 1 fully saturated rings. The van der Waals surface area contributed by atoms with Gasteiger partial charge in [-0.2, -0.15) is 4.31 Å². The van der Waals surface area contributed by atoms with Gasteiger partial charge in [0.25, 0.3) is 0 Å². The minimum Gasteiger partial charge on any atom is -0.475 e. The topological polar surface area (TPSA) is 93.2 Å². The van der Waals surface area contributed by atoms with Gasteiger partial charge in [-0.15, -0.1) is 0 Å². The number of sulfonamides is 1. The SMILES string of the molecule is COC(=O)[C@@H]1CN(C(=O)C2CCN(S(=O)(=O)c3cc(Cl)ccc3Cl)CC2)c2ccccc2O1. The number of fused-ring (bicyclic) bond motifs is 1. The van der Waals surface area contributed by atoms with E-state index in [0.29, 0.717) is 24.3 Å². The number of para-hydroxylation sites is 2. The van der Waals surface area contributed by atoms with E-state index >= 15 is 0 Å². The number of hydrogen-bond donors (Lipinski definition) is 0. The molecule has 33 heavy (non-hydrogen) atoms. The molecule has 2 heterocycles. The number of halogens is 2. The molecule has 0 aliphatic carbocycles. The largest absolute Gasteiger partial charge is 0.475 e. The van der Waals surface area contributed by atoms with E-state index in [-0.39, 0.29) is 40.5 Å². The van der Waals surface area contributed by atoms with Gasteiger partial charge in [0.15, 0.2) is 0 Å². The molecule has 176 valence electrons. The third-order valence-corrected chi connectivity index (χ3v) is 8.43. The molecule has 0 spiro atoms. The molecule has 2 aliphatic heterocycles. The van der Waals surface area contributed by atoms with Crippen LogP contribution in [-0.2, 0) is 24.3 Å². The van der Waals surface area contributed by atoms with Crippen molar-refractivity contribution in [3.05, 3.63) is 52.5 Å². The zero-order valence-corrected chi connectivity index (χ0v) is 20.1. The molecule has 1 atom stereocenters. The summed E-state index contributed by atoms with van der Waals surface area (Å²) < 4.78 is 38.0. The number of ether oxygens (including phenoxy) is 2. The summed E-state index contributed by atoms with van der Waals surface area (Å²) in [6.07, 6.45) is -0.267. The number of carbonyl (C=O) groups excluding carboxylic acids is 2. The number of hydrogen-bond acceptors (Lipinski definition) is 6. The first-order valence-corrected chi connectivity index (χ1v) is 12.5. The van der Waals surface area contributed by atoms with Crippen molar-refractivity contribution in [3.8, 4) is 5.75 Å². The third-order valence-electron chi connectivity index (χ3n) is 5.82. The lowest BCUT2D eigenvalue weighted by atomic mass is 9.95. The molecule has 0 unspecified atom stereocenters. The summed E-state index contributed by atoms with van der Waals surface area (Å²) in [4.78, 5) is 27.0. The zero-order valence-electron chi connectivity index (χ0n) is 17.7. The van der Waals surface area contributed by atoms with Crippen molar-refractivity contribution in [1.82, 2.24) is 4.31 Å². The molecule has 2 aliphatic rings. The standard InChI is InChI=1S/C22H22Cl2N2O6S/c1-31-22(28)19-13-26(17-4-2-3-5-18(17)32-19)21(27)14-8-10-25(11-9-14)33(29,30)20-12-15(23)6-7-16(20)24/h2-7,12,14,19H,8-11,13H2,1H3/t19-/m0/s1. The highest BCUT2D eigenvalue weighted by Gasteiger charge is 2.39. The summed E-state index contributed by atoms with van der Waals surface area (Å²) in [5, 5.41) is 0.366. The van der Waals surface area contributed by atoms with E-state index in [1.54, 1.807) is 24.3 Å². The number of anilines is 1. The van der Waals surface area contributed by atoms with E-state index in [2.05, 4.69) is 0 Å². The molecule has 0 N–H and O–H groups in total. The van der Waals surface area contributed by atoms with Crippen LogP contribution in [0.3, 0.4) is 0 Å². The predicted molar refractivity (Wildman–Crippen MR) is 123 cm³/mol. The number of nitrogens with zero attached hydrogens (tertiary/aromatic N) is 2. The molecule has 2 aromatic rings. The Hall–Kier alpha value is -2.33. The smallest absolute Gasteiger partial charge is 0.348 e. The maximum absolute atomic E-state index is 13.4. The Balaban J connectivity index is 1.50. The number of amides is 1. The van der Waals surface area contributed by atoms with Gasteiger partial charge in [0, 0.05) is 24.0 Å². The van der Waals surface area contributed by atoms with E-state index in [1.807, 2.05) is 0 Å². The first-order valence-electron chi connectivity index (χ1n) is 10.3. The van der Waals surface area contributed by atoms with Crippen LogP contribution in [0.5, 0.6) is 5.75 Å². The summed E-state index contributed by atoms with van der Waals surface area (Å²) in [5.74, 6) is -0.738. The molecular formula is C22H22Cl2N2O6S. The number of methoxy groups -OCH3 is 1. The Morgan fingerprint density at radius 1 is 1.09 bits per heavy atom. The maximum atomic E-state index is 13.4. The van der Waals surface area contributed by atoms with Gasteiger partial charge in [-0.05, 0) is 43.2 Å². The van der Waals surface area contributed by atoms with E-state index < -0.39 is 28.0 Å². The molecule has 0 bridgehead atoms. The first-order chi connectivity index (χ1) is 15.7. The summed E-state index contributed by atoms with van der Waals surface area (Å²) in [5.41, 5.74) is 0.573. The Labute approximate surface area is 202 Å². The Morgan fingerprint density at radius 2 is 1.79 bits per heavy atom. The second-order valence-corrected chi connectivity index (χ2v) is 10.5. The number of benzene rings is 2. The molecule has 1 amide bonds. The highest BCUT2D eigenvalue weighted by atomic mass is 35.5. The third kappa shape index (κ3) is 4.68. The zero-order chi connectivity index (χ0) is 23.8. The maximum Gasteiger partial charge on any atom is 0.348 e. The number of rotatable bonds is 4. The van der Waals surface area contributed by atoms with Crippen molar-refractivity contribution in [3.63, 3.8) is 0 Å². The van der Waals surface area contributed by atoms with Gasteiger partial charge >= 0.3 is 5.97 Å². The van der Waals surface area contributed by atoms with Gasteiger partial charge in [-0.3, -0.25) is 4.79 Å². The van der Waals surface area contributed by atoms with Crippen molar-refractivity contribution >= 4 is 50.8 Å². The Morgan fingerprint density at radius 3 is 2.48 bits per heavy atom. The normalized spacial score (nSPS) is 19.5. The number of piperidine rings is 1. The summed E-state index contributed by atoms with van der Waals surface area (Å²) in [6.45, 7) is 0.348. The van der Waals surface area contributed by atoms with Crippen LogP contribution in [-0.4, -0.2) is 57.4 Å². The van der Waals surface area contributed by atoms with Gasteiger partial charge in [-0.25, -0.2) is 13.2 Å². The van der Waals surface area contributed by atoms with Crippen molar-refractivity contribution < 1.29 is 27.5 Å². The van der Waals surface area contributed by atoms with Crippen LogP contribution in [0.4, 0.5) is 5.69 Å². The lowest BCUT2D eigenvalue weighted by Crippen LogP contribution is -2.51. The summed E-state index contributed by atoms with van der Waals surface area (Å²) >= 11 is 12.1. The van der Waals surface area contributed by atoms with E-state index in [0.717, 1.165) is 0 Å². The van der Waals surface area contributed by atoms with Crippen LogP contribution in [0.1, 0.15) is 12.8 Å². The van der Waals surface area contributed by atoms with Gasteiger partial charge in [0.05, 0.1) is 24.4 Å². The summed E-state index contributed by atoms with van der Waals surface area (Å²) in [7, 11) is -2.59. The van der Waals surface area contributed by atoms with Crippen molar-refractivity contribution in [2.24, 2.45) is 5.92 Å². The monoisotopic (exact) mass is 512 g/mol. The fourth-order valence-electron chi connectivity index (χ4n) is 4.07. The quantitative estimate of drug-likeness (QED) is 0.583. The van der Waals surface area contributed by atoms with Gasteiger partial charge < -0.3 is 14.4 Å². The molecule has 11 heteroatoms. The Bertz CT molecular complexity index is 1180. The van der Waals surface area contributed by atoms with E-state index in [1.165, 1.54) is 34.5 Å². The lowest BCUT2D eigenvalue weighted by Gasteiger charge is -2.37. The second-order valence-electron chi connectivity index (χ2n) is 7.80. The van der Waals surface area contributed by atoms with Crippen molar-refractivity contribution in [2.45, 2.75) is 23.8 Å². The molecular weight excluding hydrogens is 491 g/mol. The fourth-order valence-corrected chi connectivity index (χ4v) is 6.28. The molecule has 1 saturated heterocycles. The summed E-state index contributed by atoms with van der Waals surface area (Å²) in [6, 6.07) is 11.3. The van der Waals surface area contributed by atoms with Crippen LogP contribution >= 0.6 is 23.2 Å². The Kier molecular flexibility index (Phi) is 6.86. The predicted octanol–water partition coefficient (Wildman–Crippen LogP) is 3.36. The molecule has 8 nitrogen and oxygen atoms in total. The van der Waals surface area contributed by atoms with E-state index in [9.17, 15) is 18.0 Å². The van der Waals surface area contributed by atoms with Crippen LogP contribution in [0.25, 0.3) is 0 Å². The number of esters is 1. The molecule has 0 saturated carbocycles. The average molecular weight is 513 g/mol.